The van der Waals surface area contributed by atoms with Crippen molar-refractivity contribution >= 4 is 5.91 Å². The monoisotopic (exact) mass is 353 g/mol. The summed E-state index contributed by atoms with van der Waals surface area (Å²) in [6.45, 7) is 6.64. The summed E-state index contributed by atoms with van der Waals surface area (Å²) in [5.41, 5.74) is 3.29. The fraction of sp³-hybridized carbons (Fsp3) is 0.316. The highest BCUT2D eigenvalue weighted by Crippen LogP contribution is 2.22. The van der Waals surface area contributed by atoms with Crippen molar-refractivity contribution in [2.45, 2.75) is 33.4 Å². The van der Waals surface area contributed by atoms with Crippen LogP contribution in [0.3, 0.4) is 0 Å². The molecule has 7 nitrogen and oxygen atoms in total. The van der Waals surface area contributed by atoms with Crippen molar-refractivity contribution < 1.29 is 9.53 Å². The van der Waals surface area contributed by atoms with Gasteiger partial charge in [-0.25, -0.2) is 4.68 Å². The van der Waals surface area contributed by atoms with Gasteiger partial charge < -0.3 is 10.1 Å². The van der Waals surface area contributed by atoms with E-state index in [0.717, 1.165) is 29.2 Å². The molecule has 0 saturated heterocycles. The van der Waals surface area contributed by atoms with Crippen LogP contribution in [0.4, 0.5) is 0 Å². The molecular formula is C19H23N5O2. The Hall–Kier alpha value is -3.09. The standard InChI is InChI=1S/C19H23N5O2/c1-5-23-11-10-18(22-23)19(25)21-13(2)17-12-20-24(14(17)3)15-6-8-16(26-4)9-7-15/h6-13H,5H2,1-4H3,(H,21,25)/t13-/m0/s1. The molecule has 3 aromatic rings. The minimum absolute atomic E-state index is 0.179. The first kappa shape index (κ1) is 17.7. The lowest BCUT2D eigenvalue weighted by molar-refractivity contribution is 0.0934. The van der Waals surface area contributed by atoms with E-state index in [1.165, 1.54) is 0 Å². The van der Waals surface area contributed by atoms with Crippen molar-refractivity contribution in [2.24, 2.45) is 0 Å². The minimum Gasteiger partial charge on any atom is -0.497 e. The SMILES string of the molecule is CCn1ccc(C(=O)N[C@@H](C)c2cnn(-c3ccc(OC)cc3)c2C)n1. The number of rotatable bonds is 6. The molecule has 7 heteroatoms. The zero-order valence-corrected chi connectivity index (χ0v) is 15.4. The lowest BCUT2D eigenvalue weighted by Crippen LogP contribution is -2.27. The number of methoxy groups -OCH3 is 1. The maximum Gasteiger partial charge on any atom is 0.272 e. The molecule has 0 saturated carbocycles. The fourth-order valence-electron chi connectivity index (χ4n) is 2.84. The Morgan fingerprint density at radius 2 is 2.00 bits per heavy atom. The highest BCUT2D eigenvalue weighted by molar-refractivity contribution is 5.92. The number of hydrogen-bond donors (Lipinski definition) is 1. The Bertz CT molecular complexity index is 895. The third-order valence-corrected chi connectivity index (χ3v) is 4.38. The second-order valence-corrected chi connectivity index (χ2v) is 6.05. The van der Waals surface area contributed by atoms with E-state index in [0.29, 0.717) is 5.69 Å². The van der Waals surface area contributed by atoms with Gasteiger partial charge in [0.15, 0.2) is 0 Å². The van der Waals surface area contributed by atoms with Crippen LogP contribution in [0.5, 0.6) is 5.75 Å². The summed E-state index contributed by atoms with van der Waals surface area (Å²) in [7, 11) is 1.64. The number of amides is 1. The third kappa shape index (κ3) is 3.46. The summed E-state index contributed by atoms with van der Waals surface area (Å²) in [4.78, 5) is 12.4. The Balaban J connectivity index is 1.76. The van der Waals surface area contributed by atoms with Crippen molar-refractivity contribution in [1.29, 1.82) is 0 Å². The number of carbonyl (C=O) groups is 1. The van der Waals surface area contributed by atoms with Gasteiger partial charge in [0.1, 0.15) is 11.4 Å². The smallest absolute Gasteiger partial charge is 0.272 e. The van der Waals surface area contributed by atoms with E-state index in [4.69, 9.17) is 4.74 Å². The average molecular weight is 353 g/mol. The van der Waals surface area contributed by atoms with Gasteiger partial charge in [-0.2, -0.15) is 10.2 Å². The van der Waals surface area contributed by atoms with Crippen molar-refractivity contribution in [3.05, 3.63) is 59.7 Å². The Morgan fingerprint density at radius 1 is 1.27 bits per heavy atom. The summed E-state index contributed by atoms with van der Waals surface area (Å²) in [6, 6.07) is 9.23. The molecule has 0 bridgehead atoms. The molecule has 0 aliphatic heterocycles. The van der Waals surface area contributed by atoms with Crippen LogP contribution >= 0.6 is 0 Å². The van der Waals surface area contributed by atoms with E-state index in [1.807, 2.05) is 49.7 Å². The van der Waals surface area contributed by atoms with E-state index in [2.05, 4.69) is 15.5 Å². The molecule has 1 N–H and O–H groups in total. The number of aromatic nitrogens is 4. The molecule has 3 rings (SSSR count). The van der Waals surface area contributed by atoms with Crippen LogP contribution < -0.4 is 10.1 Å². The number of benzene rings is 1. The Labute approximate surface area is 152 Å². The molecule has 1 aromatic carbocycles. The number of nitrogens with zero attached hydrogens (tertiary/aromatic N) is 4. The van der Waals surface area contributed by atoms with Gasteiger partial charge in [0, 0.05) is 24.0 Å². The topological polar surface area (TPSA) is 74.0 Å². The van der Waals surface area contributed by atoms with Crippen LogP contribution in [0.15, 0.2) is 42.7 Å². The summed E-state index contributed by atoms with van der Waals surface area (Å²) in [6.07, 6.45) is 3.59. The molecule has 0 radical (unpaired) electrons. The average Bonchev–Trinajstić information content (AvgIpc) is 3.28. The molecule has 0 aliphatic carbocycles. The first-order chi connectivity index (χ1) is 12.5. The number of aryl methyl sites for hydroxylation is 1. The molecule has 0 aliphatic rings. The van der Waals surface area contributed by atoms with Crippen LogP contribution in [-0.4, -0.2) is 32.6 Å². The summed E-state index contributed by atoms with van der Waals surface area (Å²) >= 11 is 0. The van der Waals surface area contributed by atoms with E-state index >= 15 is 0 Å². The van der Waals surface area contributed by atoms with E-state index in [-0.39, 0.29) is 11.9 Å². The van der Waals surface area contributed by atoms with Gasteiger partial charge in [0.2, 0.25) is 0 Å². The molecule has 0 spiro atoms. The Kier molecular flexibility index (Phi) is 5.06. The van der Waals surface area contributed by atoms with Crippen LogP contribution in [-0.2, 0) is 6.54 Å². The highest BCUT2D eigenvalue weighted by atomic mass is 16.5. The Morgan fingerprint density at radius 3 is 2.62 bits per heavy atom. The molecule has 1 atom stereocenters. The van der Waals surface area contributed by atoms with Crippen LogP contribution in [0.1, 0.15) is 41.6 Å². The van der Waals surface area contributed by atoms with Gasteiger partial charge in [-0.3, -0.25) is 9.48 Å². The summed E-state index contributed by atoms with van der Waals surface area (Å²) in [5.74, 6) is 0.604. The van der Waals surface area contributed by atoms with Crippen molar-refractivity contribution in [2.75, 3.05) is 7.11 Å². The molecule has 2 aromatic heterocycles. The maximum atomic E-state index is 12.4. The third-order valence-electron chi connectivity index (χ3n) is 4.38. The van der Waals surface area contributed by atoms with E-state index < -0.39 is 0 Å². The largest absolute Gasteiger partial charge is 0.497 e. The van der Waals surface area contributed by atoms with Crippen molar-refractivity contribution in [3.63, 3.8) is 0 Å². The number of carbonyl (C=O) groups excluding carboxylic acids is 1. The van der Waals surface area contributed by atoms with Gasteiger partial charge in [-0.05, 0) is 51.1 Å². The number of nitrogens with one attached hydrogen (secondary N) is 1. The second-order valence-electron chi connectivity index (χ2n) is 6.05. The highest BCUT2D eigenvalue weighted by Gasteiger charge is 2.18. The first-order valence-electron chi connectivity index (χ1n) is 8.56. The minimum atomic E-state index is -0.193. The number of ether oxygens (including phenoxy) is 1. The normalized spacial score (nSPS) is 12.0. The molecule has 2 heterocycles. The molecule has 136 valence electrons. The number of hydrogen-bond acceptors (Lipinski definition) is 4. The second kappa shape index (κ2) is 7.43. The molecule has 26 heavy (non-hydrogen) atoms. The predicted octanol–water partition coefficient (Wildman–Crippen LogP) is 2.90. The zero-order chi connectivity index (χ0) is 18.7. The fourth-order valence-corrected chi connectivity index (χ4v) is 2.84. The van der Waals surface area contributed by atoms with Gasteiger partial charge in [0.25, 0.3) is 5.91 Å². The lowest BCUT2D eigenvalue weighted by atomic mass is 10.1. The van der Waals surface area contributed by atoms with Gasteiger partial charge in [-0.15, -0.1) is 0 Å². The van der Waals surface area contributed by atoms with Crippen LogP contribution in [0, 0.1) is 6.92 Å². The van der Waals surface area contributed by atoms with Gasteiger partial charge >= 0.3 is 0 Å². The molecular weight excluding hydrogens is 330 g/mol. The van der Waals surface area contributed by atoms with Gasteiger partial charge in [0.05, 0.1) is 25.0 Å². The zero-order valence-electron chi connectivity index (χ0n) is 15.4. The molecule has 0 unspecified atom stereocenters. The van der Waals surface area contributed by atoms with Crippen molar-refractivity contribution in [1.82, 2.24) is 24.9 Å². The van der Waals surface area contributed by atoms with Gasteiger partial charge in [-0.1, -0.05) is 0 Å². The van der Waals surface area contributed by atoms with Crippen molar-refractivity contribution in [3.8, 4) is 11.4 Å². The molecule has 0 fully saturated rings. The predicted molar refractivity (Wildman–Crippen MR) is 98.6 cm³/mol. The molecule has 1 amide bonds. The van der Waals surface area contributed by atoms with E-state index in [9.17, 15) is 4.79 Å². The van der Waals surface area contributed by atoms with Crippen LogP contribution in [0.25, 0.3) is 5.69 Å². The van der Waals surface area contributed by atoms with Crippen LogP contribution in [0.2, 0.25) is 0 Å². The first-order valence-corrected chi connectivity index (χ1v) is 8.56. The summed E-state index contributed by atoms with van der Waals surface area (Å²) < 4.78 is 8.77. The maximum absolute atomic E-state index is 12.4. The summed E-state index contributed by atoms with van der Waals surface area (Å²) in [5, 5.41) is 11.7. The lowest BCUT2D eigenvalue weighted by Gasteiger charge is -2.13. The van der Waals surface area contributed by atoms with E-state index in [1.54, 1.807) is 30.3 Å². The quantitative estimate of drug-likeness (QED) is 0.739.